The van der Waals surface area contributed by atoms with Crippen LogP contribution in [-0.4, -0.2) is 37.4 Å². The number of hydrogen-bond donors (Lipinski definition) is 0. The molecule has 9 heteroatoms. The minimum atomic E-state index is -0.378. The highest BCUT2D eigenvalue weighted by molar-refractivity contribution is 7.16. The van der Waals surface area contributed by atoms with Crippen LogP contribution in [0.25, 0.3) is 10.2 Å². The average molecular weight is 439 g/mol. The van der Waals surface area contributed by atoms with Crippen LogP contribution in [0.4, 0.5) is 0 Å². The van der Waals surface area contributed by atoms with Crippen molar-refractivity contribution >= 4 is 50.7 Å². The van der Waals surface area contributed by atoms with Crippen molar-refractivity contribution in [2.24, 2.45) is 4.99 Å². The second kappa shape index (κ2) is 8.13. The van der Waals surface area contributed by atoms with E-state index in [1.54, 1.807) is 31.4 Å². The zero-order chi connectivity index (χ0) is 19.7. The topological polar surface area (TPSA) is 62.1 Å². The van der Waals surface area contributed by atoms with Gasteiger partial charge >= 0.3 is 0 Å². The van der Waals surface area contributed by atoms with E-state index in [-0.39, 0.29) is 5.91 Å². The van der Waals surface area contributed by atoms with Crippen molar-refractivity contribution in [3.05, 3.63) is 50.7 Å². The maximum absolute atomic E-state index is 12.8. The van der Waals surface area contributed by atoms with Gasteiger partial charge in [-0.3, -0.25) is 4.79 Å². The SMILES string of the molecule is COCCn1c(=NC(=O)c2ccc3c(c2)OCCO3)sc2ccc(Cl)c(Cl)c21. The number of nitrogens with zero attached hydrogens (tertiary/aromatic N) is 2. The van der Waals surface area contributed by atoms with E-state index in [0.29, 0.717) is 58.3 Å². The van der Waals surface area contributed by atoms with Crippen LogP contribution in [0.1, 0.15) is 10.4 Å². The van der Waals surface area contributed by atoms with Gasteiger partial charge in [0.15, 0.2) is 16.3 Å². The van der Waals surface area contributed by atoms with E-state index < -0.39 is 0 Å². The van der Waals surface area contributed by atoms with Crippen LogP contribution in [-0.2, 0) is 11.3 Å². The Morgan fingerprint density at radius 2 is 2.00 bits per heavy atom. The van der Waals surface area contributed by atoms with Crippen molar-refractivity contribution in [1.29, 1.82) is 0 Å². The van der Waals surface area contributed by atoms with Gasteiger partial charge in [-0.15, -0.1) is 0 Å². The van der Waals surface area contributed by atoms with Gasteiger partial charge in [0.25, 0.3) is 5.91 Å². The van der Waals surface area contributed by atoms with Crippen molar-refractivity contribution in [3.63, 3.8) is 0 Å². The van der Waals surface area contributed by atoms with Crippen molar-refractivity contribution < 1.29 is 19.0 Å². The third-order valence-corrected chi connectivity index (χ3v) is 6.08. The molecule has 2 aromatic carbocycles. The molecule has 2 heterocycles. The van der Waals surface area contributed by atoms with Crippen LogP contribution >= 0.6 is 34.5 Å². The highest BCUT2D eigenvalue weighted by Gasteiger charge is 2.17. The molecule has 146 valence electrons. The smallest absolute Gasteiger partial charge is 0.279 e. The fraction of sp³-hybridized carbons (Fsp3) is 0.263. The van der Waals surface area contributed by atoms with E-state index in [1.165, 1.54) is 11.3 Å². The Morgan fingerprint density at radius 3 is 2.79 bits per heavy atom. The van der Waals surface area contributed by atoms with Gasteiger partial charge in [0.05, 0.1) is 26.9 Å². The average Bonchev–Trinajstić information content (AvgIpc) is 3.06. The number of rotatable bonds is 4. The molecule has 0 radical (unpaired) electrons. The number of hydrogen-bond acceptors (Lipinski definition) is 5. The van der Waals surface area contributed by atoms with E-state index in [1.807, 2.05) is 10.6 Å². The molecular weight excluding hydrogens is 423 g/mol. The molecule has 0 bridgehead atoms. The fourth-order valence-corrected chi connectivity index (χ4v) is 4.44. The Morgan fingerprint density at radius 1 is 1.21 bits per heavy atom. The minimum Gasteiger partial charge on any atom is -0.486 e. The molecule has 0 spiro atoms. The van der Waals surface area contributed by atoms with Crippen molar-refractivity contribution in [2.75, 3.05) is 26.9 Å². The molecule has 0 saturated heterocycles. The lowest BCUT2D eigenvalue weighted by Crippen LogP contribution is -2.20. The number of thiazole rings is 1. The van der Waals surface area contributed by atoms with Gasteiger partial charge in [-0.1, -0.05) is 34.5 Å². The fourth-order valence-electron chi connectivity index (χ4n) is 2.91. The maximum Gasteiger partial charge on any atom is 0.279 e. The first-order chi connectivity index (χ1) is 13.6. The second-order valence-corrected chi connectivity index (χ2v) is 7.81. The molecule has 6 nitrogen and oxygen atoms in total. The van der Waals surface area contributed by atoms with Crippen LogP contribution in [0.2, 0.25) is 10.0 Å². The Labute approximate surface area is 174 Å². The standard InChI is InChI=1S/C19H16Cl2N2O4S/c1-25-7-6-23-17-15(5-3-12(20)16(17)21)28-19(23)22-18(24)11-2-4-13-14(10-11)27-9-8-26-13/h2-5,10H,6-9H2,1H3. The van der Waals surface area contributed by atoms with Crippen LogP contribution in [0, 0.1) is 0 Å². The summed E-state index contributed by atoms with van der Waals surface area (Å²) in [5.74, 6) is 0.795. The Kier molecular flexibility index (Phi) is 5.59. The molecular formula is C19H16Cl2N2O4S. The van der Waals surface area contributed by atoms with Gasteiger partial charge in [0, 0.05) is 19.2 Å². The highest BCUT2D eigenvalue weighted by atomic mass is 35.5. The predicted molar refractivity (Wildman–Crippen MR) is 109 cm³/mol. The molecule has 3 aromatic rings. The summed E-state index contributed by atoms with van der Waals surface area (Å²) < 4.78 is 19.0. The van der Waals surface area contributed by atoms with Crippen LogP contribution < -0.4 is 14.3 Å². The zero-order valence-electron chi connectivity index (χ0n) is 14.9. The number of carbonyl (C=O) groups is 1. The molecule has 0 atom stereocenters. The molecule has 1 aliphatic rings. The lowest BCUT2D eigenvalue weighted by atomic mass is 10.2. The van der Waals surface area contributed by atoms with Gasteiger partial charge < -0.3 is 18.8 Å². The third-order valence-electron chi connectivity index (χ3n) is 4.24. The molecule has 1 aliphatic heterocycles. The highest BCUT2D eigenvalue weighted by Crippen LogP contribution is 2.33. The Balaban J connectivity index is 1.80. The van der Waals surface area contributed by atoms with Crippen molar-refractivity contribution in [3.8, 4) is 11.5 Å². The quantitative estimate of drug-likeness (QED) is 0.613. The lowest BCUT2D eigenvalue weighted by molar-refractivity contribution is 0.0996. The summed E-state index contributed by atoms with van der Waals surface area (Å²) in [5.41, 5.74) is 1.16. The normalized spacial score (nSPS) is 13.9. The monoisotopic (exact) mass is 438 g/mol. The Hall–Kier alpha value is -2.06. The van der Waals surface area contributed by atoms with Gasteiger partial charge in [-0.05, 0) is 30.3 Å². The first-order valence-corrected chi connectivity index (χ1v) is 10.1. The summed E-state index contributed by atoms with van der Waals surface area (Å²) in [6.07, 6.45) is 0. The molecule has 0 fully saturated rings. The number of carbonyl (C=O) groups excluding carboxylic acids is 1. The lowest BCUT2D eigenvalue weighted by Gasteiger charge is -2.18. The summed E-state index contributed by atoms with van der Waals surface area (Å²) >= 11 is 14.0. The largest absolute Gasteiger partial charge is 0.486 e. The van der Waals surface area contributed by atoms with E-state index >= 15 is 0 Å². The first kappa shape index (κ1) is 19.3. The number of fused-ring (bicyclic) bond motifs is 2. The first-order valence-electron chi connectivity index (χ1n) is 8.53. The molecule has 4 rings (SSSR count). The van der Waals surface area contributed by atoms with Crippen LogP contribution in [0.3, 0.4) is 0 Å². The molecule has 1 aromatic heterocycles. The molecule has 0 saturated carbocycles. The van der Waals surface area contributed by atoms with E-state index in [2.05, 4.69) is 4.99 Å². The molecule has 1 amide bonds. The molecule has 0 unspecified atom stereocenters. The summed E-state index contributed by atoms with van der Waals surface area (Å²) in [6.45, 7) is 1.88. The van der Waals surface area contributed by atoms with Crippen LogP contribution in [0.15, 0.2) is 35.3 Å². The maximum atomic E-state index is 12.8. The molecule has 0 aliphatic carbocycles. The number of amides is 1. The summed E-state index contributed by atoms with van der Waals surface area (Å²) in [6, 6.07) is 8.64. The van der Waals surface area contributed by atoms with E-state index in [0.717, 1.165) is 10.2 Å². The van der Waals surface area contributed by atoms with E-state index in [9.17, 15) is 4.79 Å². The number of aromatic nitrogens is 1. The summed E-state index contributed by atoms with van der Waals surface area (Å²) in [7, 11) is 1.61. The van der Waals surface area contributed by atoms with E-state index in [4.69, 9.17) is 37.4 Å². The van der Waals surface area contributed by atoms with Crippen molar-refractivity contribution in [1.82, 2.24) is 4.57 Å². The van der Waals surface area contributed by atoms with Gasteiger partial charge in [-0.25, -0.2) is 0 Å². The van der Waals surface area contributed by atoms with Gasteiger partial charge in [0.1, 0.15) is 13.2 Å². The van der Waals surface area contributed by atoms with Gasteiger partial charge in [-0.2, -0.15) is 4.99 Å². The zero-order valence-corrected chi connectivity index (χ0v) is 17.2. The number of halogens is 2. The van der Waals surface area contributed by atoms with Crippen LogP contribution in [0.5, 0.6) is 11.5 Å². The number of benzene rings is 2. The summed E-state index contributed by atoms with van der Waals surface area (Å²) in [4.78, 5) is 17.6. The Bertz CT molecular complexity index is 1120. The van der Waals surface area contributed by atoms with Crippen molar-refractivity contribution in [2.45, 2.75) is 6.54 Å². The summed E-state index contributed by atoms with van der Waals surface area (Å²) in [5, 5.41) is 0.877. The predicted octanol–water partition coefficient (Wildman–Crippen LogP) is 4.17. The number of methoxy groups -OCH3 is 1. The minimum absolute atomic E-state index is 0.378. The van der Waals surface area contributed by atoms with Gasteiger partial charge in [0.2, 0.25) is 0 Å². The number of ether oxygens (including phenoxy) is 3. The third kappa shape index (κ3) is 3.63. The molecule has 28 heavy (non-hydrogen) atoms. The second-order valence-electron chi connectivity index (χ2n) is 6.01. The molecule has 0 N–H and O–H groups in total.